The van der Waals surface area contributed by atoms with Crippen LogP contribution < -0.4 is 10.1 Å². The number of ether oxygens (including phenoxy) is 2. The number of fused-ring (bicyclic) bond motifs is 1. The molecule has 2 aliphatic rings. The van der Waals surface area contributed by atoms with E-state index in [1.807, 2.05) is 0 Å². The quantitative estimate of drug-likeness (QED) is 0.348. The molecule has 14 nitrogen and oxygen atoms in total. The monoisotopic (exact) mass is 617 g/mol. The Hall–Kier alpha value is -4.53. The summed E-state index contributed by atoms with van der Waals surface area (Å²) in [7, 11) is 0. The van der Waals surface area contributed by atoms with E-state index < -0.39 is 54.9 Å². The van der Waals surface area contributed by atoms with Gasteiger partial charge >= 0.3 is 12.1 Å². The fraction of sp³-hybridized carbons (Fsp3) is 0.517. The summed E-state index contributed by atoms with van der Waals surface area (Å²) in [5.74, 6) is -3.63. The summed E-state index contributed by atoms with van der Waals surface area (Å²) >= 11 is 0. The van der Waals surface area contributed by atoms with Crippen molar-refractivity contribution < 1.29 is 48.0 Å². The summed E-state index contributed by atoms with van der Waals surface area (Å²) in [6.07, 6.45) is -0.705. The van der Waals surface area contributed by atoms with Crippen LogP contribution in [0.15, 0.2) is 24.3 Å². The fourth-order valence-electron chi connectivity index (χ4n) is 5.07. The number of rotatable bonds is 10. The maximum atomic E-state index is 14.8. The SMILES string of the molecule is CCOC(=O)N1CCN(C(=O)C(CCC(=O)O)NC(=O)c2cc(OCC(=O)N3CCC(O)CC3)c3cccc(F)c3n2)CC1. The van der Waals surface area contributed by atoms with E-state index in [9.17, 15) is 38.6 Å². The third kappa shape index (κ3) is 8.09. The molecule has 4 amide bonds. The van der Waals surface area contributed by atoms with Crippen LogP contribution in [0.1, 0.15) is 43.1 Å². The number of piperazine rings is 1. The lowest BCUT2D eigenvalue weighted by Gasteiger charge is -2.35. The van der Waals surface area contributed by atoms with Gasteiger partial charge in [-0.25, -0.2) is 14.2 Å². The number of pyridine rings is 1. The van der Waals surface area contributed by atoms with E-state index in [1.54, 1.807) is 11.8 Å². The fourth-order valence-corrected chi connectivity index (χ4v) is 5.07. The smallest absolute Gasteiger partial charge is 0.409 e. The summed E-state index contributed by atoms with van der Waals surface area (Å²) in [5.41, 5.74) is -0.487. The summed E-state index contributed by atoms with van der Waals surface area (Å²) in [5, 5.41) is 21.7. The van der Waals surface area contributed by atoms with Crippen LogP contribution in [0, 0.1) is 5.82 Å². The number of aliphatic hydroxyl groups is 1. The molecule has 2 aromatic rings. The highest BCUT2D eigenvalue weighted by Crippen LogP contribution is 2.28. The van der Waals surface area contributed by atoms with Crippen LogP contribution in [-0.2, 0) is 19.1 Å². The van der Waals surface area contributed by atoms with Gasteiger partial charge in [0.2, 0.25) is 5.91 Å². The Kier molecular flexibility index (Phi) is 10.9. The Labute approximate surface area is 252 Å². The van der Waals surface area contributed by atoms with Crippen molar-refractivity contribution in [1.82, 2.24) is 25.0 Å². The molecule has 0 radical (unpaired) electrons. The van der Waals surface area contributed by atoms with Gasteiger partial charge in [-0.05, 0) is 38.3 Å². The van der Waals surface area contributed by atoms with E-state index >= 15 is 0 Å². The van der Waals surface area contributed by atoms with Crippen molar-refractivity contribution >= 4 is 40.7 Å². The number of halogens is 1. The molecule has 0 aliphatic carbocycles. The van der Waals surface area contributed by atoms with Gasteiger partial charge in [-0.1, -0.05) is 6.07 Å². The van der Waals surface area contributed by atoms with E-state index in [4.69, 9.17) is 9.47 Å². The molecule has 2 saturated heterocycles. The second-order valence-electron chi connectivity index (χ2n) is 10.5. The minimum Gasteiger partial charge on any atom is -0.483 e. The van der Waals surface area contributed by atoms with Crippen molar-refractivity contribution in [2.45, 2.75) is 44.8 Å². The molecule has 44 heavy (non-hydrogen) atoms. The molecule has 4 rings (SSSR count). The van der Waals surface area contributed by atoms with E-state index in [0.717, 1.165) is 6.07 Å². The van der Waals surface area contributed by atoms with Gasteiger partial charge in [0.15, 0.2) is 6.61 Å². The first-order valence-corrected chi connectivity index (χ1v) is 14.5. The molecule has 0 spiro atoms. The molecule has 3 heterocycles. The Balaban J connectivity index is 1.51. The maximum Gasteiger partial charge on any atom is 0.409 e. The number of aliphatic carboxylic acids is 1. The molecule has 1 unspecified atom stereocenters. The molecule has 3 N–H and O–H groups in total. The van der Waals surface area contributed by atoms with Crippen molar-refractivity contribution in [3.63, 3.8) is 0 Å². The summed E-state index contributed by atoms with van der Waals surface area (Å²) < 4.78 is 25.5. The second kappa shape index (κ2) is 14.8. The molecule has 2 fully saturated rings. The number of piperidine rings is 1. The average molecular weight is 618 g/mol. The lowest BCUT2D eigenvalue weighted by atomic mass is 10.1. The summed E-state index contributed by atoms with van der Waals surface area (Å²) in [6.45, 7) is 2.93. The highest BCUT2D eigenvalue weighted by Gasteiger charge is 2.31. The molecular formula is C29H36FN5O9. The molecule has 0 bridgehead atoms. The minimum absolute atomic E-state index is 0.0218. The number of carboxylic acid groups (broad SMARTS) is 1. The minimum atomic E-state index is -1.24. The summed E-state index contributed by atoms with van der Waals surface area (Å²) in [4.78, 5) is 71.4. The predicted octanol–water partition coefficient (Wildman–Crippen LogP) is 1.000. The molecule has 238 valence electrons. The number of aliphatic hydroxyl groups excluding tert-OH is 1. The molecule has 2 aliphatic heterocycles. The average Bonchev–Trinajstić information content (AvgIpc) is 3.02. The first-order valence-electron chi connectivity index (χ1n) is 14.5. The first kappa shape index (κ1) is 32.4. The van der Waals surface area contributed by atoms with Crippen LogP contribution in [-0.4, -0.2) is 124 Å². The number of likely N-dealkylation sites (tertiary alicyclic amines) is 1. The first-order chi connectivity index (χ1) is 21.1. The van der Waals surface area contributed by atoms with Crippen LogP contribution in [0.4, 0.5) is 9.18 Å². The topological polar surface area (TPSA) is 179 Å². The van der Waals surface area contributed by atoms with Gasteiger partial charge < -0.3 is 39.7 Å². The number of hydrogen-bond donors (Lipinski definition) is 3. The van der Waals surface area contributed by atoms with Gasteiger partial charge in [0.05, 0.1) is 12.7 Å². The number of nitrogens with zero attached hydrogens (tertiary/aromatic N) is 4. The van der Waals surface area contributed by atoms with Crippen molar-refractivity contribution in [1.29, 1.82) is 0 Å². The zero-order chi connectivity index (χ0) is 31.8. The van der Waals surface area contributed by atoms with E-state index in [2.05, 4.69) is 10.3 Å². The van der Waals surface area contributed by atoms with Crippen molar-refractivity contribution in [2.75, 3.05) is 52.5 Å². The maximum absolute atomic E-state index is 14.8. The van der Waals surface area contributed by atoms with Crippen molar-refractivity contribution in [3.05, 3.63) is 35.8 Å². The van der Waals surface area contributed by atoms with Gasteiger partial charge in [0.1, 0.15) is 28.8 Å². The van der Waals surface area contributed by atoms with Gasteiger partial charge in [-0.15, -0.1) is 0 Å². The van der Waals surface area contributed by atoms with E-state index in [1.165, 1.54) is 28.0 Å². The Bertz CT molecular complexity index is 1390. The predicted molar refractivity (Wildman–Crippen MR) is 152 cm³/mol. The number of benzene rings is 1. The number of carboxylic acids is 1. The number of para-hydroxylation sites is 1. The van der Waals surface area contributed by atoms with Gasteiger partial charge in [0.25, 0.3) is 11.8 Å². The largest absolute Gasteiger partial charge is 0.483 e. The number of aromatic nitrogens is 1. The zero-order valence-corrected chi connectivity index (χ0v) is 24.4. The van der Waals surface area contributed by atoms with E-state index in [-0.39, 0.29) is 67.5 Å². The van der Waals surface area contributed by atoms with Crippen LogP contribution in [0.3, 0.4) is 0 Å². The zero-order valence-electron chi connectivity index (χ0n) is 24.4. The number of hydrogen-bond acceptors (Lipinski definition) is 9. The lowest BCUT2D eigenvalue weighted by Crippen LogP contribution is -2.56. The van der Waals surface area contributed by atoms with Crippen LogP contribution in [0.5, 0.6) is 5.75 Å². The molecule has 1 aromatic carbocycles. The Morgan fingerprint density at radius 3 is 2.39 bits per heavy atom. The van der Waals surface area contributed by atoms with E-state index in [0.29, 0.717) is 25.9 Å². The van der Waals surface area contributed by atoms with Crippen LogP contribution in [0.25, 0.3) is 10.9 Å². The number of nitrogens with one attached hydrogen (secondary N) is 1. The molecule has 1 atom stereocenters. The normalized spacial score (nSPS) is 16.4. The van der Waals surface area contributed by atoms with Gasteiger partial charge in [0, 0.05) is 57.1 Å². The highest BCUT2D eigenvalue weighted by molar-refractivity contribution is 5.99. The number of amides is 4. The second-order valence-corrected chi connectivity index (χ2v) is 10.5. The lowest BCUT2D eigenvalue weighted by molar-refractivity contribution is -0.138. The number of carbonyl (C=O) groups excluding carboxylic acids is 4. The van der Waals surface area contributed by atoms with Crippen LogP contribution in [0.2, 0.25) is 0 Å². The molecule has 0 saturated carbocycles. The Morgan fingerprint density at radius 2 is 1.73 bits per heavy atom. The standard InChI is InChI=1S/C29H36FN5O9/c1-2-43-29(42)35-14-12-34(13-15-35)28(41)21(6-7-25(38)39)32-27(40)22-16-23(19-4-3-5-20(30)26(19)31-22)44-17-24(37)33-10-8-18(36)9-11-33/h3-5,16,18,21,36H,2,6-15,17H2,1H3,(H,32,40)(H,38,39). The number of carbonyl (C=O) groups is 5. The van der Waals surface area contributed by atoms with Gasteiger partial charge in [-0.3, -0.25) is 19.2 Å². The third-order valence-electron chi connectivity index (χ3n) is 7.52. The van der Waals surface area contributed by atoms with Gasteiger partial charge in [-0.2, -0.15) is 0 Å². The van der Waals surface area contributed by atoms with Crippen molar-refractivity contribution in [3.8, 4) is 5.75 Å². The van der Waals surface area contributed by atoms with Crippen molar-refractivity contribution in [2.24, 2.45) is 0 Å². The molecule has 15 heteroatoms. The summed E-state index contributed by atoms with van der Waals surface area (Å²) in [6, 6.07) is 4.11. The third-order valence-corrected chi connectivity index (χ3v) is 7.52. The Morgan fingerprint density at radius 1 is 1.05 bits per heavy atom. The van der Waals surface area contributed by atoms with Crippen LogP contribution >= 0.6 is 0 Å². The molecular weight excluding hydrogens is 581 g/mol. The highest BCUT2D eigenvalue weighted by atomic mass is 19.1. The molecule has 1 aromatic heterocycles.